The Morgan fingerprint density at radius 3 is 2.46 bits per heavy atom. The number of nitrogens with zero attached hydrogens (tertiary/aromatic N) is 1. The summed E-state index contributed by atoms with van der Waals surface area (Å²) in [4.78, 5) is 2.33. The van der Waals surface area contributed by atoms with Crippen molar-refractivity contribution in [3.05, 3.63) is 0 Å². The van der Waals surface area contributed by atoms with E-state index >= 15 is 0 Å². The molecule has 0 saturated heterocycles. The van der Waals surface area contributed by atoms with Gasteiger partial charge in [-0.3, -0.25) is 0 Å². The zero-order chi connectivity index (χ0) is 9.68. The quantitative estimate of drug-likeness (QED) is 0.688. The molecule has 2 nitrogen and oxygen atoms in total. The van der Waals surface area contributed by atoms with Crippen molar-refractivity contribution in [3.8, 4) is 0 Å². The van der Waals surface area contributed by atoms with Crippen LogP contribution in [0.4, 0.5) is 0 Å². The highest BCUT2D eigenvalue weighted by Gasteiger charge is 2.20. The van der Waals surface area contributed by atoms with Crippen LogP contribution in [0.15, 0.2) is 0 Å². The zero-order valence-electron chi connectivity index (χ0n) is 8.68. The van der Waals surface area contributed by atoms with Crippen molar-refractivity contribution in [2.24, 2.45) is 0 Å². The van der Waals surface area contributed by atoms with Gasteiger partial charge >= 0.3 is 0 Å². The second-order valence-corrected chi connectivity index (χ2v) is 4.02. The summed E-state index contributed by atoms with van der Waals surface area (Å²) in [7, 11) is 1.91. The van der Waals surface area contributed by atoms with Gasteiger partial charge in [-0.05, 0) is 32.0 Å². The largest absolute Gasteiger partial charge is 0.366 e. The fraction of sp³-hybridized carbons (Fsp3) is 0.900. The summed E-state index contributed by atoms with van der Waals surface area (Å²) in [6, 6.07) is 0.693. The molecule has 1 N–H and O–H groups in total. The van der Waals surface area contributed by atoms with E-state index in [1.165, 1.54) is 32.1 Å². The van der Waals surface area contributed by atoms with E-state index in [1.807, 2.05) is 7.05 Å². The lowest BCUT2D eigenvalue weighted by atomic mass is 9.94. The van der Waals surface area contributed by atoms with Crippen molar-refractivity contribution in [2.45, 2.75) is 45.1 Å². The average Bonchev–Trinajstić information content (AvgIpc) is 2.20. The standard InChI is InChI=1S/C10H20N2S/c1-3-12(10(13)11-2)9-7-5-4-6-8-9/h9H,3-8H2,1-2H3,(H,11,13). The van der Waals surface area contributed by atoms with E-state index in [0.29, 0.717) is 6.04 Å². The summed E-state index contributed by atoms with van der Waals surface area (Å²) in [5, 5.41) is 3.98. The molecule has 0 atom stereocenters. The van der Waals surface area contributed by atoms with Gasteiger partial charge in [-0.1, -0.05) is 19.3 Å². The minimum Gasteiger partial charge on any atom is -0.366 e. The maximum Gasteiger partial charge on any atom is 0.168 e. The van der Waals surface area contributed by atoms with E-state index in [1.54, 1.807) is 0 Å². The monoisotopic (exact) mass is 200 g/mol. The highest BCUT2D eigenvalue weighted by atomic mass is 32.1. The molecule has 0 amide bonds. The van der Waals surface area contributed by atoms with Gasteiger partial charge in [0.1, 0.15) is 0 Å². The fourth-order valence-corrected chi connectivity index (χ4v) is 2.38. The minimum atomic E-state index is 0.693. The number of thiocarbonyl (C=S) groups is 1. The molecule has 0 aliphatic heterocycles. The van der Waals surface area contributed by atoms with Crippen molar-refractivity contribution in [1.82, 2.24) is 10.2 Å². The van der Waals surface area contributed by atoms with Gasteiger partial charge in [-0.15, -0.1) is 0 Å². The summed E-state index contributed by atoms with van der Waals surface area (Å²) in [5.41, 5.74) is 0. The predicted molar refractivity (Wildman–Crippen MR) is 60.9 cm³/mol. The van der Waals surface area contributed by atoms with E-state index < -0.39 is 0 Å². The first-order valence-corrected chi connectivity index (χ1v) is 5.68. The Morgan fingerprint density at radius 2 is 2.00 bits per heavy atom. The Morgan fingerprint density at radius 1 is 1.38 bits per heavy atom. The Bertz CT molecular complexity index is 164. The van der Waals surface area contributed by atoms with Crippen LogP contribution in [0.2, 0.25) is 0 Å². The predicted octanol–water partition coefficient (Wildman–Crippen LogP) is 2.15. The van der Waals surface area contributed by atoms with Crippen molar-refractivity contribution in [1.29, 1.82) is 0 Å². The van der Waals surface area contributed by atoms with Gasteiger partial charge in [-0.25, -0.2) is 0 Å². The molecule has 1 fully saturated rings. The van der Waals surface area contributed by atoms with Crippen molar-refractivity contribution in [3.63, 3.8) is 0 Å². The smallest absolute Gasteiger partial charge is 0.168 e. The van der Waals surface area contributed by atoms with Gasteiger partial charge in [0.25, 0.3) is 0 Å². The first-order valence-electron chi connectivity index (χ1n) is 5.28. The molecular weight excluding hydrogens is 180 g/mol. The minimum absolute atomic E-state index is 0.693. The topological polar surface area (TPSA) is 15.3 Å². The van der Waals surface area contributed by atoms with Gasteiger partial charge in [0, 0.05) is 19.6 Å². The third kappa shape index (κ3) is 2.83. The molecule has 1 aliphatic rings. The van der Waals surface area contributed by atoms with Crippen LogP contribution in [-0.2, 0) is 0 Å². The SMILES string of the molecule is CCN(C(=S)NC)C1CCCCC1. The van der Waals surface area contributed by atoms with Crippen LogP contribution < -0.4 is 5.32 Å². The highest BCUT2D eigenvalue weighted by Crippen LogP contribution is 2.22. The van der Waals surface area contributed by atoms with Crippen molar-refractivity contribution >= 4 is 17.3 Å². The molecule has 0 heterocycles. The lowest BCUT2D eigenvalue weighted by molar-refractivity contribution is 0.250. The van der Waals surface area contributed by atoms with Crippen molar-refractivity contribution < 1.29 is 0 Å². The number of rotatable bonds is 2. The molecule has 0 bridgehead atoms. The highest BCUT2D eigenvalue weighted by molar-refractivity contribution is 7.80. The van der Waals surface area contributed by atoms with E-state index in [4.69, 9.17) is 12.2 Å². The van der Waals surface area contributed by atoms with Crippen LogP contribution in [0.25, 0.3) is 0 Å². The molecule has 0 spiro atoms. The Hall–Kier alpha value is -0.310. The lowest BCUT2D eigenvalue weighted by Gasteiger charge is -2.35. The van der Waals surface area contributed by atoms with Gasteiger partial charge in [0.05, 0.1) is 0 Å². The van der Waals surface area contributed by atoms with Gasteiger partial charge in [-0.2, -0.15) is 0 Å². The molecule has 1 saturated carbocycles. The second kappa shape index (κ2) is 5.43. The molecule has 0 aromatic heterocycles. The van der Waals surface area contributed by atoms with E-state index in [-0.39, 0.29) is 0 Å². The van der Waals surface area contributed by atoms with Crippen LogP contribution >= 0.6 is 12.2 Å². The summed E-state index contributed by atoms with van der Waals surface area (Å²) in [6.07, 6.45) is 6.77. The molecule has 1 aliphatic carbocycles. The molecule has 0 radical (unpaired) electrons. The van der Waals surface area contributed by atoms with Crippen LogP contribution in [0.5, 0.6) is 0 Å². The lowest BCUT2D eigenvalue weighted by Crippen LogP contribution is -2.45. The summed E-state index contributed by atoms with van der Waals surface area (Å²) in [5.74, 6) is 0. The van der Waals surface area contributed by atoms with Crippen LogP contribution in [0.3, 0.4) is 0 Å². The Kier molecular flexibility index (Phi) is 4.50. The molecule has 76 valence electrons. The van der Waals surface area contributed by atoms with Gasteiger partial charge < -0.3 is 10.2 Å². The van der Waals surface area contributed by atoms with E-state index in [2.05, 4.69) is 17.1 Å². The molecule has 13 heavy (non-hydrogen) atoms. The van der Waals surface area contributed by atoms with Crippen molar-refractivity contribution in [2.75, 3.05) is 13.6 Å². The maximum atomic E-state index is 5.27. The molecule has 0 aromatic rings. The number of hydrogen-bond acceptors (Lipinski definition) is 1. The third-order valence-corrected chi connectivity index (χ3v) is 3.27. The first kappa shape index (κ1) is 10.8. The van der Waals surface area contributed by atoms with Crippen LogP contribution in [-0.4, -0.2) is 29.6 Å². The number of hydrogen-bond donors (Lipinski definition) is 1. The molecule has 1 rings (SSSR count). The van der Waals surface area contributed by atoms with E-state index in [0.717, 1.165) is 11.7 Å². The molecular formula is C10H20N2S. The first-order chi connectivity index (χ1) is 6.29. The third-order valence-electron chi connectivity index (χ3n) is 2.83. The van der Waals surface area contributed by atoms with Gasteiger partial charge in [0.15, 0.2) is 5.11 Å². The Balaban J connectivity index is 2.48. The number of nitrogens with one attached hydrogen (secondary N) is 1. The maximum absolute atomic E-state index is 5.27. The normalized spacial score (nSPS) is 18.3. The Labute approximate surface area is 86.7 Å². The van der Waals surface area contributed by atoms with Crippen LogP contribution in [0.1, 0.15) is 39.0 Å². The summed E-state index contributed by atoms with van der Waals surface area (Å²) >= 11 is 5.27. The zero-order valence-corrected chi connectivity index (χ0v) is 9.49. The van der Waals surface area contributed by atoms with Crippen LogP contribution in [0, 0.1) is 0 Å². The second-order valence-electron chi connectivity index (χ2n) is 3.63. The molecule has 3 heteroatoms. The molecule has 0 aromatic carbocycles. The summed E-state index contributed by atoms with van der Waals surface area (Å²) in [6.45, 7) is 3.21. The summed E-state index contributed by atoms with van der Waals surface area (Å²) < 4.78 is 0. The fourth-order valence-electron chi connectivity index (χ4n) is 2.10. The van der Waals surface area contributed by atoms with Gasteiger partial charge in [0.2, 0.25) is 0 Å². The average molecular weight is 200 g/mol. The molecule has 0 unspecified atom stereocenters. The van der Waals surface area contributed by atoms with E-state index in [9.17, 15) is 0 Å².